The first-order valence-corrected chi connectivity index (χ1v) is 12.2. The van der Waals surface area contributed by atoms with E-state index in [0.29, 0.717) is 0 Å². The van der Waals surface area contributed by atoms with E-state index in [0.717, 1.165) is 49.0 Å². The Kier molecular flexibility index (Phi) is 6.02. The van der Waals surface area contributed by atoms with E-state index in [1.165, 1.54) is 0 Å². The molecule has 178 valence electrons. The highest BCUT2D eigenvalue weighted by Crippen LogP contribution is 2.52. The lowest BCUT2D eigenvalue weighted by atomic mass is 9.81. The highest BCUT2D eigenvalue weighted by molar-refractivity contribution is 6.04. The van der Waals surface area contributed by atoms with Crippen LogP contribution >= 0.6 is 0 Å². The highest BCUT2D eigenvalue weighted by atomic mass is 16.4. The van der Waals surface area contributed by atoms with Crippen molar-refractivity contribution in [2.45, 2.75) is 63.1 Å². The van der Waals surface area contributed by atoms with Crippen LogP contribution in [0, 0.1) is 5.92 Å². The molecule has 5 rings (SSSR count). The van der Waals surface area contributed by atoms with Gasteiger partial charge in [-0.2, -0.15) is 0 Å². The summed E-state index contributed by atoms with van der Waals surface area (Å²) in [4.78, 5) is 43.9. The summed E-state index contributed by atoms with van der Waals surface area (Å²) in [7, 11) is 1.81. The second kappa shape index (κ2) is 9.12. The van der Waals surface area contributed by atoms with E-state index in [1.807, 2.05) is 71.4 Å². The van der Waals surface area contributed by atoms with Crippen molar-refractivity contribution in [3.8, 4) is 0 Å². The second-order valence-corrected chi connectivity index (χ2v) is 9.64. The van der Waals surface area contributed by atoms with E-state index in [-0.39, 0.29) is 48.8 Å². The molecule has 1 N–H and O–H groups in total. The van der Waals surface area contributed by atoms with E-state index in [1.54, 1.807) is 4.90 Å². The predicted molar refractivity (Wildman–Crippen MR) is 130 cm³/mol. The molecule has 3 aliphatic rings. The van der Waals surface area contributed by atoms with E-state index in [2.05, 4.69) is 0 Å². The zero-order valence-electron chi connectivity index (χ0n) is 19.5. The number of hydrogen-bond donors (Lipinski definition) is 1. The standard InChI is InChI=1S/C27H31N3O4/c1-28(18-8-3-2-4-9-18)27(34)30-22-12-6-5-10-20(22)26(21-11-7-13-23(21)30)29(19-14-15-19)24(31)16-17-25(32)33/h2-6,8-10,12,19,21,23,26H,7,11,13-17H2,1H3,(H,32,33). The first-order valence-electron chi connectivity index (χ1n) is 12.2. The van der Waals surface area contributed by atoms with Crippen molar-refractivity contribution in [1.29, 1.82) is 0 Å². The Balaban J connectivity index is 1.53. The van der Waals surface area contributed by atoms with Crippen LogP contribution in [-0.2, 0) is 9.59 Å². The monoisotopic (exact) mass is 461 g/mol. The number of urea groups is 1. The summed E-state index contributed by atoms with van der Waals surface area (Å²) in [5, 5.41) is 9.14. The quantitative estimate of drug-likeness (QED) is 0.668. The van der Waals surface area contributed by atoms with Crippen LogP contribution in [-0.4, -0.2) is 47.0 Å². The number of carbonyl (C=O) groups excluding carboxylic acids is 2. The summed E-state index contributed by atoms with van der Waals surface area (Å²) in [6.45, 7) is 0. The van der Waals surface area contributed by atoms with Gasteiger partial charge in [0, 0.05) is 37.2 Å². The Morgan fingerprint density at radius 1 is 0.941 bits per heavy atom. The molecule has 2 saturated carbocycles. The predicted octanol–water partition coefficient (Wildman–Crippen LogP) is 4.83. The summed E-state index contributed by atoms with van der Waals surface area (Å²) in [6, 6.07) is 17.6. The molecule has 0 saturated heterocycles. The van der Waals surface area contributed by atoms with Crippen molar-refractivity contribution < 1.29 is 19.5 Å². The molecule has 0 spiro atoms. The molecule has 3 unspecified atom stereocenters. The number of amides is 3. The molecule has 3 atom stereocenters. The van der Waals surface area contributed by atoms with Crippen molar-refractivity contribution in [3.05, 3.63) is 60.2 Å². The van der Waals surface area contributed by atoms with E-state index in [9.17, 15) is 14.4 Å². The zero-order chi connectivity index (χ0) is 23.8. The maximum atomic E-state index is 13.8. The van der Waals surface area contributed by atoms with E-state index in [4.69, 9.17) is 5.11 Å². The molecule has 2 aliphatic carbocycles. The number of carbonyl (C=O) groups is 3. The second-order valence-electron chi connectivity index (χ2n) is 9.64. The SMILES string of the molecule is CN(C(=O)N1c2ccccc2C(N(C(=O)CCC(=O)O)C2CC2)C2CCCC21)c1ccccc1. The van der Waals surface area contributed by atoms with Crippen LogP contribution in [0.2, 0.25) is 0 Å². The Bertz CT molecular complexity index is 1080. The van der Waals surface area contributed by atoms with Crippen LogP contribution in [0.25, 0.3) is 0 Å². The Morgan fingerprint density at radius 3 is 2.35 bits per heavy atom. The fourth-order valence-electron chi connectivity index (χ4n) is 5.83. The van der Waals surface area contributed by atoms with Crippen LogP contribution in [0.15, 0.2) is 54.6 Å². The molecule has 2 aromatic carbocycles. The van der Waals surface area contributed by atoms with E-state index >= 15 is 0 Å². The molecule has 0 radical (unpaired) electrons. The van der Waals surface area contributed by atoms with Gasteiger partial charge in [-0.1, -0.05) is 42.8 Å². The highest BCUT2D eigenvalue weighted by Gasteiger charge is 2.51. The Labute approximate surface area is 200 Å². The number of para-hydroxylation sites is 2. The molecule has 0 bridgehead atoms. The number of fused-ring (bicyclic) bond motifs is 2. The van der Waals surface area contributed by atoms with Gasteiger partial charge in [0.2, 0.25) is 5.91 Å². The van der Waals surface area contributed by atoms with Gasteiger partial charge in [-0.3, -0.25) is 19.4 Å². The summed E-state index contributed by atoms with van der Waals surface area (Å²) >= 11 is 0. The largest absolute Gasteiger partial charge is 0.481 e. The van der Waals surface area contributed by atoms with Gasteiger partial charge < -0.3 is 10.0 Å². The first-order chi connectivity index (χ1) is 16.5. The minimum absolute atomic E-state index is 0.00656. The number of carboxylic acids is 1. The number of anilines is 2. The molecule has 1 aliphatic heterocycles. The lowest BCUT2D eigenvalue weighted by Gasteiger charge is -2.48. The molecule has 7 heteroatoms. The van der Waals surface area contributed by atoms with E-state index < -0.39 is 5.97 Å². The molecule has 7 nitrogen and oxygen atoms in total. The molecule has 3 amide bonds. The molecule has 2 fully saturated rings. The smallest absolute Gasteiger partial charge is 0.328 e. The molecular weight excluding hydrogens is 430 g/mol. The molecule has 2 aromatic rings. The van der Waals surface area contributed by atoms with Gasteiger partial charge in [0.15, 0.2) is 0 Å². The third-order valence-corrected chi connectivity index (χ3v) is 7.50. The van der Waals surface area contributed by atoms with Gasteiger partial charge in [-0.25, -0.2) is 4.79 Å². The lowest BCUT2D eigenvalue weighted by Crippen LogP contribution is -2.55. The van der Waals surface area contributed by atoms with Crippen LogP contribution in [0.4, 0.5) is 16.2 Å². The Morgan fingerprint density at radius 2 is 1.65 bits per heavy atom. The van der Waals surface area contributed by atoms with Gasteiger partial charge in [0.25, 0.3) is 0 Å². The molecule has 34 heavy (non-hydrogen) atoms. The summed E-state index contributed by atoms with van der Waals surface area (Å²) in [6.07, 6.45) is 4.60. The van der Waals surface area contributed by atoms with Gasteiger partial charge in [0.05, 0.1) is 18.2 Å². The number of carboxylic acid groups (broad SMARTS) is 1. The van der Waals surface area contributed by atoms with Crippen LogP contribution in [0.3, 0.4) is 0 Å². The van der Waals surface area contributed by atoms with Crippen molar-refractivity contribution >= 4 is 29.3 Å². The topological polar surface area (TPSA) is 81.2 Å². The van der Waals surface area contributed by atoms with Crippen LogP contribution in [0.5, 0.6) is 0 Å². The third-order valence-electron chi connectivity index (χ3n) is 7.50. The number of nitrogens with zero attached hydrogens (tertiary/aromatic N) is 3. The van der Waals surface area contributed by atoms with Gasteiger partial charge in [0.1, 0.15) is 0 Å². The summed E-state index contributed by atoms with van der Waals surface area (Å²) in [5.41, 5.74) is 2.70. The minimum atomic E-state index is -0.951. The minimum Gasteiger partial charge on any atom is -0.481 e. The Hall–Kier alpha value is -3.35. The normalized spacial score (nSPS) is 23.1. The average molecular weight is 462 g/mol. The number of hydrogen-bond acceptors (Lipinski definition) is 3. The van der Waals surface area contributed by atoms with Crippen molar-refractivity contribution in [3.63, 3.8) is 0 Å². The summed E-state index contributed by atoms with van der Waals surface area (Å²) in [5.74, 6) is -0.901. The van der Waals surface area contributed by atoms with Crippen LogP contribution in [0.1, 0.15) is 56.6 Å². The van der Waals surface area contributed by atoms with Gasteiger partial charge in [-0.05, 0) is 49.4 Å². The number of aliphatic carboxylic acids is 1. The fraction of sp³-hybridized carbons (Fsp3) is 0.444. The third kappa shape index (κ3) is 4.04. The van der Waals surface area contributed by atoms with Crippen LogP contribution < -0.4 is 9.80 Å². The fourth-order valence-corrected chi connectivity index (χ4v) is 5.83. The maximum Gasteiger partial charge on any atom is 0.328 e. The molecule has 0 aromatic heterocycles. The van der Waals surface area contributed by atoms with Crippen molar-refractivity contribution in [2.24, 2.45) is 5.92 Å². The average Bonchev–Trinajstić information content (AvgIpc) is 3.57. The number of rotatable bonds is 6. The maximum absolute atomic E-state index is 13.8. The molecular formula is C27H31N3O4. The van der Waals surface area contributed by atoms with Crippen molar-refractivity contribution in [1.82, 2.24) is 4.90 Å². The van der Waals surface area contributed by atoms with Crippen molar-refractivity contribution in [2.75, 3.05) is 16.8 Å². The zero-order valence-corrected chi connectivity index (χ0v) is 19.5. The number of benzene rings is 2. The molecule has 1 heterocycles. The summed E-state index contributed by atoms with van der Waals surface area (Å²) < 4.78 is 0. The lowest BCUT2D eigenvalue weighted by molar-refractivity contribution is -0.142. The van der Waals surface area contributed by atoms with Gasteiger partial charge >= 0.3 is 12.0 Å². The van der Waals surface area contributed by atoms with Gasteiger partial charge in [-0.15, -0.1) is 0 Å². The first kappa shape index (κ1) is 22.4.